The third-order valence-corrected chi connectivity index (χ3v) is 2.06. The highest BCUT2D eigenvalue weighted by Crippen LogP contribution is 2.02. The molecular weight excluding hydrogens is 210 g/mol. The Kier molecular flexibility index (Phi) is 6.28. The monoisotopic (exact) mass is 227 g/mol. The van der Waals surface area contributed by atoms with Crippen molar-refractivity contribution in [2.75, 3.05) is 0 Å². The van der Waals surface area contributed by atoms with Crippen molar-refractivity contribution >= 4 is 6.21 Å². The van der Waals surface area contributed by atoms with Crippen LogP contribution in [0.2, 0.25) is 0 Å². The third kappa shape index (κ3) is 5.58. The normalized spacial score (nSPS) is 11.6. The first-order valence-corrected chi connectivity index (χ1v) is 5.73. The molecule has 1 unspecified atom stereocenters. The summed E-state index contributed by atoms with van der Waals surface area (Å²) in [6.07, 6.45) is 4.82. The first kappa shape index (κ1) is 13.1. The Bertz CT molecular complexity index is 412. The largest absolute Gasteiger partial charge is 0.379 e. The van der Waals surface area contributed by atoms with Gasteiger partial charge in [0.05, 0.1) is 6.21 Å². The Labute approximate surface area is 103 Å². The molecule has 0 saturated carbocycles. The molecule has 2 heteroatoms. The van der Waals surface area contributed by atoms with Crippen molar-refractivity contribution in [3.63, 3.8) is 0 Å². The summed E-state index contributed by atoms with van der Waals surface area (Å²) in [7, 11) is 0. The van der Waals surface area contributed by atoms with E-state index in [9.17, 15) is 0 Å². The van der Waals surface area contributed by atoms with Crippen molar-refractivity contribution in [3.8, 4) is 11.8 Å². The molecule has 0 bridgehead atoms. The minimum atomic E-state index is -0.156. The summed E-state index contributed by atoms with van der Waals surface area (Å²) in [5.41, 5.74) is 0.991. The second kappa shape index (κ2) is 8.18. The fraction of sp³-hybridized carbons (Fsp3) is 0.267. The fourth-order valence-electron chi connectivity index (χ4n) is 1.25. The van der Waals surface area contributed by atoms with E-state index < -0.39 is 0 Å². The van der Waals surface area contributed by atoms with E-state index in [1.54, 1.807) is 6.08 Å². The Morgan fingerprint density at radius 1 is 1.41 bits per heavy atom. The van der Waals surface area contributed by atoms with Crippen LogP contribution in [-0.2, 0) is 4.84 Å². The van der Waals surface area contributed by atoms with Gasteiger partial charge in [0.25, 0.3) is 0 Å². The second-order valence-electron chi connectivity index (χ2n) is 3.51. The molecule has 0 radical (unpaired) electrons. The SMILES string of the molecule is C=C/C=N/OC(C#Cc1ccccc1)CCC. The van der Waals surface area contributed by atoms with Crippen LogP contribution in [0.5, 0.6) is 0 Å². The number of rotatable bonds is 5. The van der Waals surface area contributed by atoms with Crippen molar-refractivity contribution in [1.29, 1.82) is 0 Å². The Hall–Kier alpha value is -2.01. The Morgan fingerprint density at radius 3 is 2.82 bits per heavy atom. The molecule has 0 aliphatic heterocycles. The van der Waals surface area contributed by atoms with Gasteiger partial charge >= 0.3 is 0 Å². The number of hydrogen-bond donors (Lipinski definition) is 0. The van der Waals surface area contributed by atoms with Crippen LogP contribution in [0.1, 0.15) is 25.3 Å². The molecule has 0 heterocycles. The maximum absolute atomic E-state index is 5.27. The van der Waals surface area contributed by atoms with E-state index in [-0.39, 0.29) is 6.10 Å². The van der Waals surface area contributed by atoms with Crippen molar-refractivity contribution in [3.05, 3.63) is 48.6 Å². The van der Waals surface area contributed by atoms with Gasteiger partial charge in [-0.3, -0.25) is 0 Å². The predicted molar refractivity (Wildman–Crippen MR) is 71.8 cm³/mol. The van der Waals surface area contributed by atoms with Gasteiger partial charge in [0.2, 0.25) is 0 Å². The van der Waals surface area contributed by atoms with Gasteiger partial charge in [0.1, 0.15) is 0 Å². The van der Waals surface area contributed by atoms with Crippen LogP contribution in [0.3, 0.4) is 0 Å². The smallest absolute Gasteiger partial charge is 0.187 e. The van der Waals surface area contributed by atoms with Crippen LogP contribution >= 0.6 is 0 Å². The summed E-state index contributed by atoms with van der Waals surface area (Å²) in [4.78, 5) is 5.27. The molecule has 1 aromatic carbocycles. The van der Waals surface area contributed by atoms with E-state index in [0.29, 0.717) is 0 Å². The van der Waals surface area contributed by atoms with Gasteiger partial charge in [-0.25, -0.2) is 0 Å². The van der Waals surface area contributed by atoms with E-state index in [1.807, 2.05) is 30.3 Å². The quantitative estimate of drug-likeness (QED) is 0.429. The minimum Gasteiger partial charge on any atom is -0.379 e. The van der Waals surface area contributed by atoms with E-state index in [0.717, 1.165) is 18.4 Å². The summed E-state index contributed by atoms with van der Waals surface area (Å²) in [6, 6.07) is 9.86. The van der Waals surface area contributed by atoms with Gasteiger partial charge in [-0.05, 0) is 24.6 Å². The average molecular weight is 227 g/mol. The molecule has 1 rings (SSSR count). The molecule has 0 saturated heterocycles. The van der Waals surface area contributed by atoms with Crippen LogP contribution in [0.25, 0.3) is 0 Å². The number of nitrogens with zero attached hydrogens (tertiary/aromatic N) is 1. The topological polar surface area (TPSA) is 21.6 Å². The highest BCUT2D eigenvalue weighted by Gasteiger charge is 2.02. The molecule has 0 N–H and O–H groups in total. The molecule has 0 spiro atoms. The van der Waals surface area contributed by atoms with Crippen molar-refractivity contribution in [2.24, 2.45) is 5.16 Å². The van der Waals surface area contributed by atoms with E-state index in [4.69, 9.17) is 4.84 Å². The molecule has 1 aromatic rings. The van der Waals surface area contributed by atoms with Gasteiger partial charge in [-0.2, -0.15) is 0 Å². The molecule has 17 heavy (non-hydrogen) atoms. The number of oxime groups is 1. The highest BCUT2D eigenvalue weighted by atomic mass is 16.6. The molecule has 0 aliphatic carbocycles. The lowest BCUT2D eigenvalue weighted by Crippen LogP contribution is -2.06. The molecular formula is C15H17NO. The molecule has 0 fully saturated rings. The summed E-state index contributed by atoms with van der Waals surface area (Å²) < 4.78 is 0. The zero-order valence-electron chi connectivity index (χ0n) is 10.1. The Balaban J connectivity index is 2.63. The van der Waals surface area contributed by atoms with Crippen molar-refractivity contribution < 1.29 is 4.84 Å². The summed E-state index contributed by atoms with van der Waals surface area (Å²) in [5.74, 6) is 6.16. The summed E-state index contributed by atoms with van der Waals surface area (Å²) in [6.45, 7) is 5.63. The van der Waals surface area contributed by atoms with Gasteiger partial charge in [0, 0.05) is 5.56 Å². The van der Waals surface area contributed by atoms with Gasteiger partial charge in [-0.1, -0.05) is 55.1 Å². The average Bonchev–Trinajstić information content (AvgIpc) is 2.37. The number of hydrogen-bond acceptors (Lipinski definition) is 2. The molecule has 0 aliphatic rings. The predicted octanol–water partition coefficient (Wildman–Crippen LogP) is 3.40. The Morgan fingerprint density at radius 2 is 2.18 bits per heavy atom. The second-order valence-corrected chi connectivity index (χ2v) is 3.51. The maximum Gasteiger partial charge on any atom is 0.187 e. The van der Waals surface area contributed by atoms with Crippen LogP contribution in [0.15, 0.2) is 48.1 Å². The molecule has 1 atom stereocenters. The summed E-state index contributed by atoms with van der Waals surface area (Å²) in [5, 5.41) is 3.78. The van der Waals surface area contributed by atoms with Crippen LogP contribution in [0.4, 0.5) is 0 Å². The lowest BCUT2D eigenvalue weighted by atomic mass is 10.2. The first-order chi connectivity index (χ1) is 8.36. The third-order valence-electron chi connectivity index (χ3n) is 2.06. The van der Waals surface area contributed by atoms with E-state index in [2.05, 4.69) is 30.5 Å². The van der Waals surface area contributed by atoms with E-state index >= 15 is 0 Å². The molecule has 0 aromatic heterocycles. The van der Waals surface area contributed by atoms with Crippen molar-refractivity contribution in [1.82, 2.24) is 0 Å². The number of benzene rings is 1. The molecule has 0 amide bonds. The summed E-state index contributed by atoms with van der Waals surface area (Å²) >= 11 is 0. The van der Waals surface area contributed by atoms with Gasteiger partial charge in [-0.15, -0.1) is 0 Å². The van der Waals surface area contributed by atoms with Crippen LogP contribution < -0.4 is 0 Å². The van der Waals surface area contributed by atoms with Gasteiger partial charge < -0.3 is 4.84 Å². The molecule has 88 valence electrons. The highest BCUT2D eigenvalue weighted by molar-refractivity contribution is 5.69. The first-order valence-electron chi connectivity index (χ1n) is 5.73. The van der Waals surface area contributed by atoms with Crippen LogP contribution in [0, 0.1) is 11.8 Å². The zero-order chi connectivity index (χ0) is 12.3. The molecule has 2 nitrogen and oxygen atoms in total. The standard InChI is InChI=1S/C15H17NO/c1-3-8-15(17-16-13-4-2)12-11-14-9-6-5-7-10-14/h4-7,9-10,13,15H,2-3,8H2,1H3/b16-13+. The van der Waals surface area contributed by atoms with E-state index in [1.165, 1.54) is 6.21 Å². The zero-order valence-corrected chi connectivity index (χ0v) is 10.1. The van der Waals surface area contributed by atoms with Crippen LogP contribution in [-0.4, -0.2) is 12.3 Å². The lowest BCUT2D eigenvalue weighted by molar-refractivity contribution is 0.0940. The lowest BCUT2D eigenvalue weighted by Gasteiger charge is -2.05. The van der Waals surface area contributed by atoms with Gasteiger partial charge in [0.15, 0.2) is 6.10 Å². The van der Waals surface area contributed by atoms with Crippen molar-refractivity contribution in [2.45, 2.75) is 25.9 Å². The maximum atomic E-state index is 5.27. The minimum absolute atomic E-state index is 0.156. The fourth-order valence-corrected chi connectivity index (χ4v) is 1.25. The number of allylic oxidation sites excluding steroid dienone is 1.